The van der Waals surface area contributed by atoms with E-state index in [1.165, 1.54) is 12.0 Å². The Morgan fingerprint density at radius 2 is 1.85 bits per heavy atom. The molecule has 3 aromatic rings. The summed E-state index contributed by atoms with van der Waals surface area (Å²) in [4.78, 5) is 28.7. The number of anilines is 1. The smallest absolute Gasteiger partial charge is 0.262 e. The van der Waals surface area contributed by atoms with E-state index in [-0.39, 0.29) is 24.5 Å². The Morgan fingerprint density at radius 1 is 1.03 bits per heavy atom. The maximum absolute atomic E-state index is 13.2. The molecule has 1 saturated heterocycles. The second-order valence-electron chi connectivity index (χ2n) is 7.57. The van der Waals surface area contributed by atoms with Crippen molar-refractivity contribution < 1.29 is 23.8 Å². The van der Waals surface area contributed by atoms with E-state index in [1.54, 1.807) is 54.8 Å². The van der Waals surface area contributed by atoms with Crippen LogP contribution >= 0.6 is 11.3 Å². The van der Waals surface area contributed by atoms with Gasteiger partial charge in [0.15, 0.2) is 18.1 Å². The van der Waals surface area contributed by atoms with Gasteiger partial charge in [0.05, 0.1) is 25.9 Å². The Bertz CT molecular complexity index is 1120. The lowest BCUT2D eigenvalue weighted by Gasteiger charge is -2.24. The first-order valence-corrected chi connectivity index (χ1v) is 11.6. The minimum atomic E-state index is -0.336. The molecule has 1 aromatic heterocycles. The standard InChI is InChI=1S/C25H26N2O5S/c1-30-20-9-4-3-7-18(20)26-24(28)16-32-21-12-11-17(15-22(21)31-2)25(29)27-13-5-8-19(27)23-10-6-14-33-23/h3-4,6-7,9-12,14-15,19H,5,8,13,16H2,1-2H3,(H,26,28). The van der Waals surface area contributed by atoms with Crippen molar-refractivity contribution in [3.8, 4) is 17.2 Å². The summed E-state index contributed by atoms with van der Waals surface area (Å²) in [6, 6.07) is 16.4. The zero-order chi connectivity index (χ0) is 23.2. The molecule has 1 aliphatic heterocycles. The number of carbonyl (C=O) groups is 2. The third-order valence-electron chi connectivity index (χ3n) is 5.54. The van der Waals surface area contributed by atoms with E-state index in [2.05, 4.69) is 11.4 Å². The van der Waals surface area contributed by atoms with E-state index in [1.807, 2.05) is 22.4 Å². The largest absolute Gasteiger partial charge is 0.495 e. The lowest BCUT2D eigenvalue weighted by molar-refractivity contribution is -0.118. The fraction of sp³-hybridized carbons (Fsp3) is 0.280. The number of hydrogen-bond acceptors (Lipinski definition) is 6. The average Bonchev–Trinajstić information content (AvgIpc) is 3.54. The first kappa shape index (κ1) is 22.7. The molecule has 1 atom stereocenters. The molecule has 2 aromatic carbocycles. The molecule has 4 rings (SSSR count). The monoisotopic (exact) mass is 466 g/mol. The SMILES string of the molecule is COc1ccccc1NC(=O)COc1ccc(C(=O)N2CCCC2c2cccs2)cc1OC. The second-order valence-corrected chi connectivity index (χ2v) is 8.55. The van der Waals surface area contributed by atoms with E-state index in [0.717, 1.165) is 19.4 Å². The molecule has 1 aliphatic rings. The van der Waals surface area contributed by atoms with Gasteiger partial charge in [-0.1, -0.05) is 18.2 Å². The molecule has 2 heterocycles. The van der Waals surface area contributed by atoms with Crippen LogP contribution in [-0.4, -0.2) is 44.1 Å². The number of nitrogens with one attached hydrogen (secondary N) is 1. The maximum atomic E-state index is 13.2. The Hall–Kier alpha value is -3.52. The number of thiophene rings is 1. The molecule has 1 N–H and O–H groups in total. The quantitative estimate of drug-likeness (QED) is 0.518. The van der Waals surface area contributed by atoms with Gasteiger partial charge in [-0.25, -0.2) is 0 Å². The molecule has 172 valence electrons. The molecule has 1 fully saturated rings. The average molecular weight is 467 g/mol. The highest BCUT2D eigenvalue weighted by Gasteiger charge is 2.31. The molecule has 7 nitrogen and oxygen atoms in total. The van der Waals surface area contributed by atoms with Crippen molar-refractivity contribution in [2.75, 3.05) is 32.7 Å². The van der Waals surface area contributed by atoms with Gasteiger partial charge >= 0.3 is 0 Å². The number of amides is 2. The zero-order valence-corrected chi connectivity index (χ0v) is 19.4. The van der Waals surface area contributed by atoms with Crippen molar-refractivity contribution in [3.05, 3.63) is 70.4 Å². The molecule has 8 heteroatoms. The zero-order valence-electron chi connectivity index (χ0n) is 18.6. The van der Waals surface area contributed by atoms with Gasteiger partial charge in [0.25, 0.3) is 11.8 Å². The van der Waals surface area contributed by atoms with E-state index < -0.39 is 0 Å². The van der Waals surface area contributed by atoms with Crippen molar-refractivity contribution in [2.45, 2.75) is 18.9 Å². The van der Waals surface area contributed by atoms with Gasteiger partial charge in [0, 0.05) is 17.0 Å². The summed E-state index contributed by atoms with van der Waals surface area (Å²) >= 11 is 1.67. The summed E-state index contributed by atoms with van der Waals surface area (Å²) in [6.07, 6.45) is 1.94. The molecule has 0 radical (unpaired) electrons. The van der Waals surface area contributed by atoms with E-state index in [4.69, 9.17) is 14.2 Å². The molecule has 0 bridgehead atoms. The van der Waals surface area contributed by atoms with Crippen molar-refractivity contribution in [3.63, 3.8) is 0 Å². The van der Waals surface area contributed by atoms with Gasteiger partial charge < -0.3 is 24.4 Å². The van der Waals surface area contributed by atoms with Gasteiger partial charge in [-0.3, -0.25) is 9.59 Å². The lowest BCUT2D eigenvalue weighted by atomic mass is 10.1. The Balaban J connectivity index is 1.42. The predicted octanol–water partition coefficient (Wildman–Crippen LogP) is 4.76. The van der Waals surface area contributed by atoms with Gasteiger partial charge in [0.2, 0.25) is 0 Å². The molecule has 0 spiro atoms. The maximum Gasteiger partial charge on any atom is 0.262 e. The number of para-hydroxylation sites is 2. The van der Waals surface area contributed by atoms with Crippen LogP contribution in [-0.2, 0) is 4.79 Å². The highest BCUT2D eigenvalue weighted by Crippen LogP contribution is 2.36. The molecule has 33 heavy (non-hydrogen) atoms. The number of ether oxygens (including phenoxy) is 3. The summed E-state index contributed by atoms with van der Waals surface area (Å²) in [5.41, 5.74) is 1.09. The summed E-state index contributed by atoms with van der Waals surface area (Å²) < 4.78 is 16.4. The molecule has 1 unspecified atom stereocenters. The highest BCUT2D eigenvalue weighted by atomic mass is 32.1. The summed E-state index contributed by atoms with van der Waals surface area (Å²) in [5.74, 6) is 0.981. The molecule has 2 amide bonds. The second kappa shape index (κ2) is 10.4. The molecule has 0 aliphatic carbocycles. The molecular weight excluding hydrogens is 440 g/mol. The van der Waals surface area contributed by atoms with Crippen LogP contribution in [0.3, 0.4) is 0 Å². The van der Waals surface area contributed by atoms with Crippen molar-refractivity contribution in [1.82, 2.24) is 4.90 Å². The van der Waals surface area contributed by atoms with Gasteiger partial charge in [0.1, 0.15) is 5.75 Å². The van der Waals surface area contributed by atoms with Gasteiger partial charge in [-0.15, -0.1) is 11.3 Å². The van der Waals surface area contributed by atoms with Gasteiger partial charge in [-0.05, 0) is 54.6 Å². The Kier molecular flexibility index (Phi) is 7.14. The van der Waals surface area contributed by atoms with Crippen LogP contribution in [0.1, 0.15) is 34.1 Å². The van der Waals surface area contributed by atoms with Crippen molar-refractivity contribution >= 4 is 28.8 Å². The highest BCUT2D eigenvalue weighted by molar-refractivity contribution is 7.10. The summed E-state index contributed by atoms with van der Waals surface area (Å²) in [7, 11) is 3.05. The first-order valence-electron chi connectivity index (χ1n) is 10.7. The number of hydrogen-bond donors (Lipinski definition) is 1. The van der Waals surface area contributed by atoms with E-state index in [0.29, 0.717) is 28.5 Å². The predicted molar refractivity (Wildman–Crippen MR) is 127 cm³/mol. The number of likely N-dealkylation sites (tertiary alicyclic amines) is 1. The number of benzene rings is 2. The lowest BCUT2D eigenvalue weighted by Crippen LogP contribution is -2.30. The van der Waals surface area contributed by atoms with Crippen molar-refractivity contribution in [1.29, 1.82) is 0 Å². The van der Waals surface area contributed by atoms with E-state index in [9.17, 15) is 9.59 Å². The summed E-state index contributed by atoms with van der Waals surface area (Å²) in [6.45, 7) is 0.513. The fourth-order valence-corrected chi connectivity index (χ4v) is 4.82. The first-order chi connectivity index (χ1) is 16.1. The van der Waals surface area contributed by atoms with Crippen LogP contribution in [0.15, 0.2) is 60.0 Å². The van der Waals surface area contributed by atoms with Crippen LogP contribution in [0, 0.1) is 0 Å². The van der Waals surface area contributed by atoms with Crippen LogP contribution in [0.5, 0.6) is 17.2 Å². The van der Waals surface area contributed by atoms with Crippen LogP contribution < -0.4 is 19.5 Å². The van der Waals surface area contributed by atoms with Crippen molar-refractivity contribution in [2.24, 2.45) is 0 Å². The number of rotatable bonds is 8. The third kappa shape index (κ3) is 5.12. The normalized spacial score (nSPS) is 15.2. The summed E-state index contributed by atoms with van der Waals surface area (Å²) in [5, 5.41) is 4.80. The molecular formula is C25H26N2O5S. The number of nitrogens with zero attached hydrogens (tertiary/aromatic N) is 1. The third-order valence-corrected chi connectivity index (χ3v) is 6.51. The van der Waals surface area contributed by atoms with Crippen LogP contribution in [0.25, 0.3) is 0 Å². The van der Waals surface area contributed by atoms with Crippen LogP contribution in [0.4, 0.5) is 5.69 Å². The van der Waals surface area contributed by atoms with Gasteiger partial charge in [-0.2, -0.15) is 0 Å². The number of carbonyl (C=O) groups excluding carboxylic acids is 2. The van der Waals surface area contributed by atoms with Crippen LogP contribution in [0.2, 0.25) is 0 Å². The topological polar surface area (TPSA) is 77.1 Å². The fourth-order valence-electron chi connectivity index (χ4n) is 3.95. The van der Waals surface area contributed by atoms with E-state index >= 15 is 0 Å². The minimum Gasteiger partial charge on any atom is -0.495 e. The Morgan fingerprint density at radius 3 is 2.61 bits per heavy atom. The number of methoxy groups -OCH3 is 2. The molecule has 0 saturated carbocycles. The Labute approximate surface area is 196 Å². The minimum absolute atomic E-state index is 0.0373.